The largest absolute Gasteiger partial charge is 0.378 e. The van der Waals surface area contributed by atoms with Gasteiger partial charge in [0.05, 0.1) is 24.8 Å². The van der Waals surface area contributed by atoms with Gasteiger partial charge in [-0.3, -0.25) is 9.59 Å². The van der Waals surface area contributed by atoms with Gasteiger partial charge < -0.3 is 24.9 Å². The zero-order valence-electron chi connectivity index (χ0n) is 21.4. The lowest BCUT2D eigenvalue weighted by molar-refractivity contribution is -0.0128. The van der Waals surface area contributed by atoms with E-state index < -0.39 is 0 Å². The second-order valence-corrected chi connectivity index (χ2v) is 11.1. The van der Waals surface area contributed by atoms with E-state index in [2.05, 4.69) is 26.3 Å². The molecule has 3 aromatic rings. The first-order chi connectivity index (χ1) is 17.4. The van der Waals surface area contributed by atoms with Crippen LogP contribution in [-0.4, -0.2) is 47.0 Å². The van der Waals surface area contributed by atoms with Gasteiger partial charge in [0, 0.05) is 51.9 Å². The van der Waals surface area contributed by atoms with E-state index >= 15 is 0 Å². The predicted octanol–water partition coefficient (Wildman–Crippen LogP) is 4.15. The van der Waals surface area contributed by atoms with Gasteiger partial charge in [0.25, 0.3) is 11.5 Å². The summed E-state index contributed by atoms with van der Waals surface area (Å²) in [6, 6.07) is 11.2. The number of ether oxygens (including phenoxy) is 1. The van der Waals surface area contributed by atoms with Gasteiger partial charge in [-0.1, -0.05) is 18.2 Å². The van der Waals surface area contributed by atoms with Gasteiger partial charge >= 0.3 is 0 Å². The van der Waals surface area contributed by atoms with Crippen molar-refractivity contribution in [2.24, 2.45) is 5.92 Å². The van der Waals surface area contributed by atoms with Crippen LogP contribution < -0.4 is 16.2 Å². The Morgan fingerprint density at radius 2 is 1.89 bits per heavy atom. The van der Waals surface area contributed by atoms with Crippen molar-refractivity contribution in [2.45, 2.75) is 69.6 Å². The molecule has 0 bridgehead atoms. The summed E-state index contributed by atoms with van der Waals surface area (Å²) in [5.74, 6) is 0.464. The summed E-state index contributed by atoms with van der Waals surface area (Å²) in [7, 11) is 0. The summed E-state index contributed by atoms with van der Waals surface area (Å²) >= 11 is 1.52. The van der Waals surface area contributed by atoms with Crippen LogP contribution in [0.3, 0.4) is 0 Å². The first-order valence-electron chi connectivity index (χ1n) is 12.9. The van der Waals surface area contributed by atoms with E-state index in [1.165, 1.54) is 37.4 Å². The highest BCUT2D eigenvalue weighted by Crippen LogP contribution is 2.31. The number of para-hydroxylation sites is 1. The number of aromatic amines is 1. The van der Waals surface area contributed by atoms with Crippen LogP contribution in [0.1, 0.15) is 53.0 Å². The van der Waals surface area contributed by atoms with E-state index in [4.69, 9.17) is 4.74 Å². The molecular formula is C28H36N4O3S. The Kier molecular flexibility index (Phi) is 7.55. The van der Waals surface area contributed by atoms with Crippen LogP contribution in [0.4, 0.5) is 0 Å². The highest BCUT2D eigenvalue weighted by Gasteiger charge is 2.28. The standard InChI is InChI=1S/C28H36N4O3S/c1-17-12-25(36-3)23(27(33)30-17)13-29-28(34)26-18(2)32(24-7-5-4-6-22(24)26)14-19-8-10-20(11-9-19)31-21-15-35-16-21/h4-7,12,19-21,31H,8-11,13-16H2,1-3H3,(H,29,34)(H,30,33). The third-order valence-electron chi connectivity index (χ3n) is 7.73. The lowest BCUT2D eigenvalue weighted by Gasteiger charge is -2.35. The highest BCUT2D eigenvalue weighted by atomic mass is 32.2. The average Bonchev–Trinajstić information content (AvgIpc) is 3.12. The number of hydrogen-bond donors (Lipinski definition) is 3. The number of H-pyrrole nitrogens is 1. The highest BCUT2D eigenvalue weighted by molar-refractivity contribution is 7.98. The number of carbonyl (C=O) groups excluding carboxylic acids is 1. The molecule has 2 aliphatic rings. The summed E-state index contributed by atoms with van der Waals surface area (Å²) < 4.78 is 7.63. The third kappa shape index (κ3) is 5.12. The number of aromatic nitrogens is 2. The van der Waals surface area contributed by atoms with Gasteiger partial charge in [-0.05, 0) is 63.8 Å². The van der Waals surface area contributed by atoms with Crippen molar-refractivity contribution in [3.8, 4) is 0 Å². The minimum Gasteiger partial charge on any atom is -0.378 e. The molecule has 3 N–H and O–H groups in total. The molecule has 8 heteroatoms. The van der Waals surface area contributed by atoms with Crippen LogP contribution in [0.5, 0.6) is 0 Å². The lowest BCUT2D eigenvalue weighted by atomic mass is 9.85. The fourth-order valence-corrected chi connectivity index (χ4v) is 6.39. The molecule has 1 saturated carbocycles. The van der Waals surface area contributed by atoms with Crippen molar-refractivity contribution in [3.63, 3.8) is 0 Å². The fraction of sp³-hybridized carbons (Fsp3) is 0.500. The van der Waals surface area contributed by atoms with Gasteiger partial charge in [0.2, 0.25) is 0 Å². The smallest absolute Gasteiger partial charge is 0.254 e. The van der Waals surface area contributed by atoms with E-state index in [1.807, 2.05) is 44.4 Å². The maximum atomic E-state index is 13.5. The molecule has 1 aliphatic heterocycles. The van der Waals surface area contributed by atoms with Crippen LogP contribution >= 0.6 is 11.8 Å². The number of carbonyl (C=O) groups is 1. The minimum atomic E-state index is -0.145. The van der Waals surface area contributed by atoms with Crippen molar-refractivity contribution < 1.29 is 9.53 Å². The monoisotopic (exact) mass is 508 g/mol. The maximum Gasteiger partial charge on any atom is 0.254 e. The number of thioether (sulfide) groups is 1. The van der Waals surface area contributed by atoms with Gasteiger partial charge in [-0.2, -0.15) is 0 Å². The molecule has 2 fully saturated rings. The number of rotatable bonds is 8. The van der Waals surface area contributed by atoms with Crippen LogP contribution in [0, 0.1) is 19.8 Å². The normalized spacial score (nSPS) is 20.4. The van der Waals surface area contributed by atoms with Crippen molar-refractivity contribution in [1.29, 1.82) is 0 Å². The topological polar surface area (TPSA) is 88.2 Å². The molecule has 7 nitrogen and oxygen atoms in total. The molecule has 2 aromatic heterocycles. The summed E-state index contributed by atoms with van der Waals surface area (Å²) in [5, 5.41) is 7.73. The Hall–Kier alpha value is -2.55. The van der Waals surface area contributed by atoms with Crippen LogP contribution in [0.15, 0.2) is 40.0 Å². The van der Waals surface area contributed by atoms with Gasteiger partial charge in [-0.25, -0.2) is 0 Å². The molecule has 5 rings (SSSR count). The van der Waals surface area contributed by atoms with E-state index in [0.717, 1.165) is 46.9 Å². The number of nitrogens with one attached hydrogen (secondary N) is 3. The molecular weight excluding hydrogens is 472 g/mol. The molecule has 1 saturated heterocycles. The molecule has 0 spiro atoms. The Balaban J connectivity index is 1.32. The molecule has 36 heavy (non-hydrogen) atoms. The molecule has 1 aliphatic carbocycles. The van der Waals surface area contributed by atoms with Crippen LogP contribution in [-0.2, 0) is 17.8 Å². The quantitative estimate of drug-likeness (QED) is 0.398. The molecule has 1 amide bonds. The lowest BCUT2D eigenvalue weighted by Crippen LogP contribution is -2.51. The number of hydrogen-bond acceptors (Lipinski definition) is 5. The van der Waals surface area contributed by atoms with Crippen molar-refractivity contribution in [2.75, 3.05) is 19.5 Å². The van der Waals surface area contributed by atoms with Gasteiger partial charge in [0.1, 0.15) is 0 Å². The zero-order chi connectivity index (χ0) is 25.2. The Labute approximate surface area is 216 Å². The second-order valence-electron chi connectivity index (χ2n) is 10.2. The van der Waals surface area contributed by atoms with E-state index in [9.17, 15) is 9.59 Å². The molecule has 0 unspecified atom stereocenters. The first-order valence-corrected chi connectivity index (χ1v) is 14.1. The van der Waals surface area contributed by atoms with Crippen LogP contribution in [0.2, 0.25) is 0 Å². The molecule has 0 atom stereocenters. The molecule has 1 aromatic carbocycles. The number of pyridine rings is 1. The van der Waals surface area contributed by atoms with Crippen molar-refractivity contribution in [3.05, 3.63) is 63.2 Å². The molecule has 3 heterocycles. The average molecular weight is 509 g/mol. The van der Waals surface area contributed by atoms with Gasteiger partial charge in [-0.15, -0.1) is 11.8 Å². The van der Waals surface area contributed by atoms with E-state index in [-0.39, 0.29) is 18.0 Å². The van der Waals surface area contributed by atoms with E-state index in [1.54, 1.807) is 0 Å². The number of fused-ring (bicyclic) bond motifs is 1. The fourth-order valence-electron chi connectivity index (χ4n) is 5.68. The molecule has 0 radical (unpaired) electrons. The summed E-state index contributed by atoms with van der Waals surface area (Å²) in [6.45, 7) is 6.73. The SMILES string of the molecule is CSc1cc(C)[nH]c(=O)c1CNC(=O)c1c(C)n(CC2CCC(NC3COC3)CC2)c2ccccc12. The maximum absolute atomic E-state index is 13.5. The Morgan fingerprint density at radius 3 is 2.58 bits per heavy atom. The summed E-state index contributed by atoms with van der Waals surface area (Å²) in [6.07, 6.45) is 6.70. The van der Waals surface area contributed by atoms with Crippen LogP contribution in [0.25, 0.3) is 10.9 Å². The second kappa shape index (κ2) is 10.8. The van der Waals surface area contributed by atoms with Gasteiger partial charge in [0.15, 0.2) is 0 Å². The zero-order valence-corrected chi connectivity index (χ0v) is 22.2. The minimum absolute atomic E-state index is 0.134. The number of nitrogens with zero attached hydrogens (tertiary/aromatic N) is 1. The number of aryl methyl sites for hydroxylation is 1. The predicted molar refractivity (Wildman–Crippen MR) is 145 cm³/mol. The van der Waals surface area contributed by atoms with E-state index in [0.29, 0.717) is 29.1 Å². The third-order valence-corrected chi connectivity index (χ3v) is 8.53. The number of amides is 1. The number of benzene rings is 1. The summed E-state index contributed by atoms with van der Waals surface area (Å²) in [4.78, 5) is 29.7. The summed E-state index contributed by atoms with van der Waals surface area (Å²) in [5.41, 5.74) is 4.07. The Morgan fingerprint density at radius 1 is 1.14 bits per heavy atom. The Bertz CT molecular complexity index is 1300. The first kappa shape index (κ1) is 25.1. The van der Waals surface area contributed by atoms with Crippen molar-refractivity contribution >= 4 is 28.6 Å². The molecule has 192 valence electrons. The van der Waals surface area contributed by atoms with Crippen molar-refractivity contribution in [1.82, 2.24) is 20.2 Å².